The molecular weight excluding hydrogens is 277 g/mol. The Balaban J connectivity index is 2.54. The molecule has 0 aromatic carbocycles. The fraction of sp³-hybridized carbons (Fsp3) is 0.417. The summed E-state index contributed by atoms with van der Waals surface area (Å²) >= 11 is 0. The van der Waals surface area contributed by atoms with E-state index in [1.165, 1.54) is 6.07 Å². The van der Waals surface area contributed by atoms with Crippen LogP contribution in [0.15, 0.2) is 18.3 Å². The SMILES string of the molecule is CCOC(=O)C(=O)NCc1ccc(C(F)C(F)F)cn1. The molecule has 0 aliphatic heterocycles. The Hall–Kier alpha value is -2.12. The van der Waals surface area contributed by atoms with E-state index in [0.29, 0.717) is 5.69 Å². The van der Waals surface area contributed by atoms with Crippen LogP contribution in [0.5, 0.6) is 0 Å². The van der Waals surface area contributed by atoms with Crippen molar-refractivity contribution in [1.29, 1.82) is 0 Å². The molecule has 0 saturated carbocycles. The van der Waals surface area contributed by atoms with Crippen LogP contribution >= 0.6 is 0 Å². The molecule has 0 radical (unpaired) electrons. The second-order valence-corrected chi connectivity index (χ2v) is 3.72. The van der Waals surface area contributed by atoms with Crippen molar-refractivity contribution in [2.45, 2.75) is 26.1 Å². The molecule has 1 aromatic heterocycles. The molecule has 5 nitrogen and oxygen atoms in total. The van der Waals surface area contributed by atoms with E-state index in [1.54, 1.807) is 6.92 Å². The summed E-state index contributed by atoms with van der Waals surface area (Å²) in [6.45, 7) is 1.54. The van der Waals surface area contributed by atoms with Gasteiger partial charge in [0.2, 0.25) is 0 Å². The van der Waals surface area contributed by atoms with Crippen molar-refractivity contribution in [3.05, 3.63) is 29.6 Å². The van der Waals surface area contributed by atoms with Crippen LogP contribution in [0.2, 0.25) is 0 Å². The first-order chi connectivity index (χ1) is 9.45. The maximum absolute atomic E-state index is 13.0. The van der Waals surface area contributed by atoms with Crippen LogP contribution in [0.4, 0.5) is 13.2 Å². The molecule has 20 heavy (non-hydrogen) atoms. The molecule has 0 bridgehead atoms. The van der Waals surface area contributed by atoms with Crippen LogP contribution in [0.3, 0.4) is 0 Å². The molecule has 1 rings (SSSR count). The zero-order valence-electron chi connectivity index (χ0n) is 10.6. The second-order valence-electron chi connectivity index (χ2n) is 3.72. The number of pyridine rings is 1. The van der Waals surface area contributed by atoms with Crippen molar-refractivity contribution in [3.8, 4) is 0 Å². The first-order valence-electron chi connectivity index (χ1n) is 5.77. The topological polar surface area (TPSA) is 68.3 Å². The first-order valence-corrected chi connectivity index (χ1v) is 5.77. The van der Waals surface area contributed by atoms with Gasteiger partial charge >= 0.3 is 11.9 Å². The normalized spacial score (nSPS) is 12.1. The number of nitrogens with zero attached hydrogens (tertiary/aromatic N) is 1. The van der Waals surface area contributed by atoms with Gasteiger partial charge in [0.05, 0.1) is 18.8 Å². The van der Waals surface area contributed by atoms with Crippen molar-refractivity contribution in [3.63, 3.8) is 0 Å². The highest BCUT2D eigenvalue weighted by Crippen LogP contribution is 2.23. The number of hydrogen-bond donors (Lipinski definition) is 1. The third kappa shape index (κ3) is 4.52. The third-order valence-electron chi connectivity index (χ3n) is 2.28. The minimum atomic E-state index is -3.12. The van der Waals surface area contributed by atoms with Crippen molar-refractivity contribution >= 4 is 11.9 Å². The second kappa shape index (κ2) is 7.46. The molecule has 8 heteroatoms. The number of halogens is 3. The minimum Gasteiger partial charge on any atom is -0.459 e. The number of ether oxygens (including phenoxy) is 1. The van der Waals surface area contributed by atoms with Gasteiger partial charge in [-0.2, -0.15) is 0 Å². The van der Waals surface area contributed by atoms with Crippen LogP contribution < -0.4 is 5.32 Å². The van der Waals surface area contributed by atoms with Gasteiger partial charge in [0, 0.05) is 11.8 Å². The number of hydrogen-bond acceptors (Lipinski definition) is 4. The Kier molecular flexibility index (Phi) is 5.95. The van der Waals surface area contributed by atoms with Crippen molar-refractivity contribution in [1.82, 2.24) is 10.3 Å². The number of aromatic nitrogens is 1. The van der Waals surface area contributed by atoms with E-state index in [9.17, 15) is 22.8 Å². The van der Waals surface area contributed by atoms with Crippen molar-refractivity contribution < 1.29 is 27.5 Å². The largest absolute Gasteiger partial charge is 0.459 e. The quantitative estimate of drug-likeness (QED) is 0.659. The monoisotopic (exact) mass is 290 g/mol. The van der Waals surface area contributed by atoms with Gasteiger partial charge < -0.3 is 10.1 Å². The van der Waals surface area contributed by atoms with Gasteiger partial charge in [-0.05, 0) is 13.0 Å². The van der Waals surface area contributed by atoms with Gasteiger partial charge in [-0.3, -0.25) is 9.78 Å². The van der Waals surface area contributed by atoms with Crippen LogP contribution in [-0.2, 0) is 20.9 Å². The van der Waals surface area contributed by atoms with Crippen LogP contribution in [0, 0.1) is 0 Å². The fourth-order valence-electron chi connectivity index (χ4n) is 1.29. The third-order valence-corrected chi connectivity index (χ3v) is 2.28. The average Bonchev–Trinajstić information content (AvgIpc) is 2.44. The molecule has 0 aliphatic carbocycles. The fourth-order valence-corrected chi connectivity index (χ4v) is 1.29. The van der Waals surface area contributed by atoms with Gasteiger partial charge in [-0.25, -0.2) is 18.0 Å². The molecule has 0 aliphatic rings. The number of amides is 1. The lowest BCUT2D eigenvalue weighted by Gasteiger charge is -2.08. The van der Waals surface area contributed by atoms with Crippen molar-refractivity contribution in [2.24, 2.45) is 0 Å². The van der Waals surface area contributed by atoms with Crippen molar-refractivity contribution in [2.75, 3.05) is 6.61 Å². The summed E-state index contributed by atoms with van der Waals surface area (Å²) in [5, 5.41) is 2.24. The maximum atomic E-state index is 13.0. The van der Waals surface area contributed by atoms with E-state index >= 15 is 0 Å². The highest BCUT2D eigenvalue weighted by atomic mass is 19.3. The molecule has 1 N–H and O–H groups in total. The summed E-state index contributed by atoms with van der Waals surface area (Å²) in [7, 11) is 0. The van der Waals surface area contributed by atoms with Gasteiger partial charge in [-0.15, -0.1) is 0 Å². The highest BCUT2D eigenvalue weighted by Gasteiger charge is 2.21. The summed E-state index contributed by atoms with van der Waals surface area (Å²) in [5.41, 5.74) is 0.0494. The molecule has 1 heterocycles. The summed E-state index contributed by atoms with van der Waals surface area (Å²) in [6, 6.07) is 2.44. The van der Waals surface area contributed by atoms with Crippen LogP contribution in [0.25, 0.3) is 0 Å². The molecule has 1 aromatic rings. The average molecular weight is 290 g/mol. The van der Waals surface area contributed by atoms with Gasteiger partial charge in [0.15, 0.2) is 6.17 Å². The molecule has 0 fully saturated rings. The lowest BCUT2D eigenvalue weighted by molar-refractivity contribution is -0.154. The summed E-state index contributed by atoms with van der Waals surface area (Å²) in [6.07, 6.45) is -4.56. The molecule has 110 valence electrons. The Labute approximate surface area is 113 Å². The van der Waals surface area contributed by atoms with Gasteiger partial charge in [0.25, 0.3) is 6.43 Å². The smallest absolute Gasteiger partial charge is 0.396 e. The Bertz CT molecular complexity index is 466. The number of nitrogens with one attached hydrogen (secondary N) is 1. The summed E-state index contributed by atoms with van der Waals surface area (Å²) in [5.74, 6) is -1.96. The van der Waals surface area contributed by atoms with Crippen LogP contribution in [0.1, 0.15) is 24.4 Å². The van der Waals surface area contributed by atoms with Gasteiger partial charge in [-0.1, -0.05) is 6.07 Å². The molecule has 0 saturated heterocycles. The van der Waals surface area contributed by atoms with Gasteiger partial charge in [0.1, 0.15) is 0 Å². The number of carbonyl (C=O) groups is 2. The maximum Gasteiger partial charge on any atom is 0.396 e. The number of rotatable bonds is 5. The van der Waals surface area contributed by atoms with E-state index in [-0.39, 0.29) is 18.7 Å². The predicted molar refractivity (Wildman–Crippen MR) is 62.6 cm³/mol. The number of esters is 1. The predicted octanol–water partition coefficient (Wildman–Crippen LogP) is 1.54. The number of carbonyl (C=O) groups excluding carboxylic acids is 2. The highest BCUT2D eigenvalue weighted by molar-refractivity contribution is 6.32. The molecular formula is C12H13F3N2O3. The summed E-state index contributed by atoms with van der Waals surface area (Å²) < 4.78 is 41.7. The molecule has 1 unspecified atom stereocenters. The zero-order chi connectivity index (χ0) is 15.1. The first kappa shape index (κ1) is 15.9. The lowest BCUT2D eigenvalue weighted by Crippen LogP contribution is -2.32. The van der Waals surface area contributed by atoms with E-state index in [2.05, 4.69) is 15.0 Å². The molecule has 1 amide bonds. The van der Waals surface area contributed by atoms with E-state index < -0.39 is 24.5 Å². The molecule has 0 spiro atoms. The lowest BCUT2D eigenvalue weighted by atomic mass is 10.2. The van der Waals surface area contributed by atoms with E-state index in [0.717, 1.165) is 12.3 Å². The summed E-state index contributed by atoms with van der Waals surface area (Å²) in [4.78, 5) is 25.9. The minimum absolute atomic E-state index is 0.0741. The van der Waals surface area contributed by atoms with E-state index in [1.807, 2.05) is 0 Å². The van der Waals surface area contributed by atoms with E-state index in [4.69, 9.17) is 0 Å². The standard InChI is InChI=1S/C12H13F3N2O3/c1-2-20-12(19)11(18)17-6-8-4-3-7(5-16-8)9(13)10(14)15/h3-5,9-10H,2,6H2,1H3,(H,17,18). The zero-order valence-corrected chi connectivity index (χ0v) is 10.6. The van der Waals surface area contributed by atoms with Crippen LogP contribution in [-0.4, -0.2) is 29.9 Å². The Morgan fingerprint density at radius 3 is 2.55 bits per heavy atom. The number of alkyl halides is 3. The Morgan fingerprint density at radius 1 is 1.35 bits per heavy atom. The Morgan fingerprint density at radius 2 is 2.05 bits per heavy atom. The molecule has 1 atom stereocenters.